The minimum Gasteiger partial charge on any atom is -0.394 e. The van der Waals surface area contributed by atoms with Crippen LogP contribution in [0.5, 0.6) is 0 Å². The Balaban J connectivity index is 1.95. The summed E-state index contributed by atoms with van der Waals surface area (Å²) in [5.41, 5.74) is 1.41. The number of unbranched alkanes of at least 4 members (excludes halogenated alkanes) is 6. The average molecular weight is 489 g/mol. The van der Waals surface area contributed by atoms with E-state index in [1.807, 2.05) is 91.0 Å². The van der Waals surface area contributed by atoms with Gasteiger partial charge in [-0.25, -0.2) is 0 Å². The normalized spacial score (nSPS) is 13.3. The highest BCUT2D eigenvalue weighted by molar-refractivity contribution is 5.84. The molecular weight excluding hydrogens is 448 g/mol. The third-order valence-corrected chi connectivity index (χ3v) is 6.73. The maximum atomic E-state index is 13.5. The van der Waals surface area contributed by atoms with Gasteiger partial charge in [-0.15, -0.1) is 0 Å². The van der Waals surface area contributed by atoms with Gasteiger partial charge in [0.15, 0.2) is 5.78 Å². The van der Waals surface area contributed by atoms with Crippen LogP contribution < -0.4 is 0 Å². The number of hydrogen-bond acceptors (Lipinski definition) is 4. The lowest BCUT2D eigenvalue weighted by atomic mass is 9.79. The van der Waals surface area contributed by atoms with E-state index in [2.05, 4.69) is 6.92 Å². The van der Waals surface area contributed by atoms with Crippen molar-refractivity contribution in [3.05, 3.63) is 108 Å². The quantitative estimate of drug-likeness (QED) is 0.180. The van der Waals surface area contributed by atoms with Crippen LogP contribution in [0, 0.1) is 0 Å². The zero-order valence-electron chi connectivity index (χ0n) is 21.4. The van der Waals surface area contributed by atoms with Gasteiger partial charge in [-0.3, -0.25) is 4.79 Å². The highest BCUT2D eigenvalue weighted by Crippen LogP contribution is 2.42. The Bertz CT molecular complexity index is 907. The van der Waals surface area contributed by atoms with Crippen LogP contribution in [0.25, 0.3) is 0 Å². The number of rotatable bonds is 16. The van der Waals surface area contributed by atoms with Gasteiger partial charge in [0.2, 0.25) is 0 Å². The van der Waals surface area contributed by atoms with Crippen LogP contribution in [0.2, 0.25) is 0 Å². The number of Topliss-reactive ketones (excluding diaryl/α,β-unsaturated/α-hetero) is 1. The number of carbonyl (C=O) groups is 1. The van der Waals surface area contributed by atoms with Crippen LogP contribution in [-0.2, 0) is 15.1 Å². The van der Waals surface area contributed by atoms with Gasteiger partial charge >= 0.3 is 0 Å². The summed E-state index contributed by atoms with van der Waals surface area (Å²) < 4.78 is 6.76. The highest BCUT2D eigenvalue weighted by Gasteiger charge is 2.43. The minimum absolute atomic E-state index is 0.183. The lowest BCUT2D eigenvalue weighted by molar-refractivity contribution is -0.154. The third kappa shape index (κ3) is 7.13. The van der Waals surface area contributed by atoms with E-state index in [9.17, 15) is 15.0 Å². The van der Waals surface area contributed by atoms with Gasteiger partial charge in [-0.1, -0.05) is 136 Å². The molecule has 3 rings (SSSR count). The number of aliphatic hydroxyl groups is 2. The van der Waals surface area contributed by atoms with Crippen molar-refractivity contribution in [1.29, 1.82) is 0 Å². The fourth-order valence-electron chi connectivity index (χ4n) is 4.77. The standard InChI is InChI=1S/C32H40O4/c1-2-3-4-5-6-7-17-24-29(34)31(30(35)25-33)36-32(26-18-11-8-12-19-26,27-20-13-9-14-21-27)28-22-15-10-16-23-28/h8-16,18-23,30-31,33,35H,2-7,17,24-25H2,1H3. The number of hydrogen-bond donors (Lipinski definition) is 2. The van der Waals surface area contributed by atoms with Crippen LogP contribution in [0.15, 0.2) is 91.0 Å². The molecule has 2 N–H and O–H groups in total. The van der Waals surface area contributed by atoms with Crippen molar-refractivity contribution in [2.24, 2.45) is 0 Å². The van der Waals surface area contributed by atoms with Crippen molar-refractivity contribution < 1.29 is 19.7 Å². The van der Waals surface area contributed by atoms with E-state index in [0.717, 1.165) is 36.0 Å². The lowest BCUT2D eigenvalue weighted by Gasteiger charge is -2.39. The maximum Gasteiger partial charge on any atom is 0.164 e. The van der Waals surface area contributed by atoms with E-state index in [1.165, 1.54) is 25.7 Å². The molecule has 2 atom stereocenters. The van der Waals surface area contributed by atoms with Crippen molar-refractivity contribution >= 4 is 5.78 Å². The second kappa shape index (κ2) is 14.7. The van der Waals surface area contributed by atoms with Crippen molar-refractivity contribution in [3.63, 3.8) is 0 Å². The summed E-state index contributed by atoms with van der Waals surface area (Å²) in [6.07, 6.45) is 5.51. The predicted molar refractivity (Wildman–Crippen MR) is 145 cm³/mol. The van der Waals surface area contributed by atoms with Gasteiger partial charge in [0, 0.05) is 6.42 Å². The predicted octanol–water partition coefficient (Wildman–Crippen LogP) is 6.43. The first-order valence-electron chi connectivity index (χ1n) is 13.3. The van der Waals surface area contributed by atoms with Gasteiger partial charge in [0.25, 0.3) is 0 Å². The van der Waals surface area contributed by atoms with Crippen LogP contribution in [0.4, 0.5) is 0 Å². The molecule has 4 nitrogen and oxygen atoms in total. The van der Waals surface area contributed by atoms with Gasteiger partial charge in [0.1, 0.15) is 17.8 Å². The van der Waals surface area contributed by atoms with Crippen molar-refractivity contribution in [2.45, 2.75) is 76.1 Å². The second-order valence-corrected chi connectivity index (χ2v) is 9.41. The van der Waals surface area contributed by atoms with E-state index >= 15 is 0 Å². The molecule has 0 saturated heterocycles. The molecule has 0 amide bonds. The maximum absolute atomic E-state index is 13.5. The summed E-state index contributed by atoms with van der Waals surface area (Å²) in [7, 11) is 0. The molecule has 0 aliphatic heterocycles. The van der Waals surface area contributed by atoms with Gasteiger partial charge in [0.05, 0.1) is 6.61 Å². The summed E-state index contributed by atoms with van der Waals surface area (Å²) in [5.74, 6) is -0.183. The van der Waals surface area contributed by atoms with Gasteiger partial charge in [-0.2, -0.15) is 0 Å². The van der Waals surface area contributed by atoms with Crippen molar-refractivity contribution in [1.82, 2.24) is 0 Å². The first kappa shape index (κ1) is 27.8. The topological polar surface area (TPSA) is 66.8 Å². The molecule has 0 bridgehead atoms. The molecule has 2 unspecified atom stereocenters. The number of ether oxygens (including phenoxy) is 1. The fourth-order valence-corrected chi connectivity index (χ4v) is 4.77. The Morgan fingerprint density at radius 3 is 1.56 bits per heavy atom. The molecule has 0 aliphatic carbocycles. The van der Waals surface area contributed by atoms with E-state index in [-0.39, 0.29) is 5.78 Å². The SMILES string of the molecule is CCCCCCCCCC(=O)C(OC(c1ccccc1)(c1ccccc1)c1ccccc1)C(O)CO. The molecule has 0 spiro atoms. The van der Waals surface area contributed by atoms with E-state index in [4.69, 9.17) is 4.74 Å². The molecule has 0 aromatic heterocycles. The Morgan fingerprint density at radius 1 is 0.722 bits per heavy atom. The number of carbonyl (C=O) groups excluding carboxylic acids is 1. The van der Waals surface area contributed by atoms with Crippen LogP contribution in [0.1, 0.15) is 75.0 Å². The first-order chi connectivity index (χ1) is 17.6. The average Bonchev–Trinajstić information content (AvgIpc) is 2.94. The lowest BCUT2D eigenvalue weighted by Crippen LogP contribution is -2.46. The summed E-state index contributed by atoms with van der Waals surface area (Å²) in [4.78, 5) is 13.5. The number of aliphatic hydroxyl groups excluding tert-OH is 2. The molecule has 0 radical (unpaired) electrons. The minimum atomic E-state index is -1.32. The molecule has 0 aliphatic rings. The largest absolute Gasteiger partial charge is 0.394 e. The smallest absolute Gasteiger partial charge is 0.164 e. The van der Waals surface area contributed by atoms with E-state index < -0.39 is 24.4 Å². The number of ketones is 1. The molecule has 192 valence electrons. The molecule has 0 heterocycles. The fraction of sp³-hybridized carbons (Fsp3) is 0.406. The Kier molecular flexibility index (Phi) is 11.3. The zero-order valence-corrected chi connectivity index (χ0v) is 21.4. The van der Waals surface area contributed by atoms with Crippen LogP contribution >= 0.6 is 0 Å². The van der Waals surface area contributed by atoms with E-state index in [1.54, 1.807) is 0 Å². The Morgan fingerprint density at radius 2 is 1.14 bits per heavy atom. The molecule has 4 heteroatoms. The number of benzene rings is 3. The summed E-state index contributed by atoms with van der Waals surface area (Å²) in [5, 5.41) is 20.7. The zero-order chi connectivity index (χ0) is 25.6. The van der Waals surface area contributed by atoms with Gasteiger partial charge in [-0.05, 0) is 23.1 Å². The van der Waals surface area contributed by atoms with E-state index in [0.29, 0.717) is 6.42 Å². The third-order valence-electron chi connectivity index (χ3n) is 6.73. The molecule has 3 aromatic carbocycles. The Labute approximate surface area is 216 Å². The summed E-state index contributed by atoms with van der Waals surface area (Å²) in [6, 6.07) is 29.3. The second-order valence-electron chi connectivity index (χ2n) is 9.41. The molecule has 0 fully saturated rings. The Hall–Kier alpha value is -2.79. The van der Waals surface area contributed by atoms with Crippen molar-refractivity contribution in [2.75, 3.05) is 6.61 Å². The first-order valence-corrected chi connectivity index (χ1v) is 13.3. The molecule has 0 saturated carbocycles. The molecule has 3 aromatic rings. The van der Waals surface area contributed by atoms with Gasteiger partial charge < -0.3 is 14.9 Å². The highest BCUT2D eigenvalue weighted by atomic mass is 16.5. The van der Waals surface area contributed by atoms with Crippen LogP contribution in [0.3, 0.4) is 0 Å². The monoisotopic (exact) mass is 488 g/mol. The summed E-state index contributed by atoms with van der Waals surface area (Å²) in [6.45, 7) is 1.65. The van der Waals surface area contributed by atoms with Crippen molar-refractivity contribution in [3.8, 4) is 0 Å². The summed E-state index contributed by atoms with van der Waals surface area (Å²) >= 11 is 0. The molecule has 36 heavy (non-hydrogen) atoms. The molecular formula is C32H40O4. The van der Waals surface area contributed by atoms with Crippen LogP contribution in [-0.4, -0.2) is 34.8 Å².